The molecule has 4 aromatic carbocycles. The number of fused-ring (bicyclic) bond motifs is 10. The van der Waals surface area contributed by atoms with E-state index < -0.39 is 0 Å². The molecule has 5 aromatic heterocycles. The summed E-state index contributed by atoms with van der Waals surface area (Å²) in [5, 5.41) is 7.53. The van der Waals surface area contributed by atoms with Gasteiger partial charge in [-0.15, -0.1) is 22.7 Å². The number of aromatic nitrogens is 2. The monoisotopic (exact) mass is 522 g/mol. The van der Waals surface area contributed by atoms with Crippen LogP contribution in [0.5, 0.6) is 0 Å². The number of benzene rings is 4. The molecule has 38 heavy (non-hydrogen) atoms. The molecule has 0 atom stereocenters. The quantitative estimate of drug-likeness (QED) is 0.226. The zero-order chi connectivity index (χ0) is 24.8. The number of hydrogen-bond acceptors (Lipinski definition) is 4. The number of hydrogen-bond donors (Lipinski definition) is 0. The van der Waals surface area contributed by atoms with E-state index in [1.807, 2.05) is 34.8 Å². The van der Waals surface area contributed by atoms with Gasteiger partial charge in [-0.25, -0.2) is 4.98 Å². The molecule has 0 aliphatic carbocycles. The minimum Gasteiger partial charge on any atom is -0.456 e. The molecule has 3 nitrogen and oxygen atoms in total. The lowest BCUT2D eigenvalue weighted by Crippen LogP contribution is -1.96. The second kappa shape index (κ2) is 7.54. The molecule has 5 heterocycles. The Balaban J connectivity index is 1.33. The van der Waals surface area contributed by atoms with Gasteiger partial charge >= 0.3 is 0 Å². The van der Waals surface area contributed by atoms with Crippen LogP contribution in [0.4, 0.5) is 0 Å². The van der Waals surface area contributed by atoms with Crippen LogP contribution in [0, 0.1) is 0 Å². The molecule has 0 aliphatic rings. The highest BCUT2D eigenvalue weighted by atomic mass is 32.1. The molecule has 5 heteroatoms. The lowest BCUT2D eigenvalue weighted by Gasteiger charge is -2.07. The lowest BCUT2D eigenvalue weighted by atomic mass is 10.1. The highest BCUT2D eigenvalue weighted by Gasteiger charge is 2.22. The van der Waals surface area contributed by atoms with Gasteiger partial charge in [0, 0.05) is 47.3 Å². The predicted octanol–water partition coefficient (Wildman–Crippen LogP) is 10.2. The molecular formula is C33H18N2OS2. The molecule has 0 saturated heterocycles. The SMILES string of the molecule is c1cc(-c2ccc3oc4ccccc4c3c2)nc(-n2c3sc4ccccc4c3c3c4ccccc4sc32)c1. The largest absolute Gasteiger partial charge is 0.456 e. The zero-order valence-corrected chi connectivity index (χ0v) is 21.6. The Morgan fingerprint density at radius 3 is 1.92 bits per heavy atom. The van der Waals surface area contributed by atoms with Gasteiger partial charge in [-0.2, -0.15) is 0 Å². The van der Waals surface area contributed by atoms with Gasteiger partial charge in [0.05, 0.1) is 5.69 Å². The van der Waals surface area contributed by atoms with E-state index >= 15 is 0 Å². The van der Waals surface area contributed by atoms with Crippen molar-refractivity contribution in [1.82, 2.24) is 9.55 Å². The van der Waals surface area contributed by atoms with Crippen LogP contribution in [-0.2, 0) is 0 Å². The number of furan rings is 1. The zero-order valence-electron chi connectivity index (χ0n) is 20.0. The van der Waals surface area contributed by atoms with Crippen molar-refractivity contribution in [3.63, 3.8) is 0 Å². The van der Waals surface area contributed by atoms with Gasteiger partial charge in [-0.05, 0) is 48.5 Å². The van der Waals surface area contributed by atoms with E-state index in [1.165, 1.54) is 40.6 Å². The minimum atomic E-state index is 0.899. The maximum absolute atomic E-state index is 6.06. The van der Waals surface area contributed by atoms with Crippen LogP contribution in [0.2, 0.25) is 0 Å². The molecule has 9 aromatic rings. The Labute approximate surface area is 224 Å². The highest BCUT2D eigenvalue weighted by Crippen LogP contribution is 2.47. The van der Waals surface area contributed by atoms with Crippen LogP contribution in [0.15, 0.2) is 114 Å². The summed E-state index contributed by atoms with van der Waals surface area (Å²) in [5.74, 6) is 0.942. The fourth-order valence-electron chi connectivity index (χ4n) is 5.76. The summed E-state index contributed by atoms with van der Waals surface area (Å²) >= 11 is 3.69. The Morgan fingerprint density at radius 1 is 0.553 bits per heavy atom. The van der Waals surface area contributed by atoms with Crippen molar-refractivity contribution in [1.29, 1.82) is 0 Å². The number of rotatable bonds is 2. The first kappa shape index (κ1) is 20.6. The molecule has 0 amide bonds. The summed E-state index contributed by atoms with van der Waals surface area (Å²) in [4.78, 5) is 7.74. The van der Waals surface area contributed by atoms with E-state index in [0.29, 0.717) is 0 Å². The first-order chi connectivity index (χ1) is 18.8. The van der Waals surface area contributed by atoms with Gasteiger partial charge < -0.3 is 4.42 Å². The summed E-state index contributed by atoms with van der Waals surface area (Å²) in [7, 11) is 0. The third-order valence-electron chi connectivity index (χ3n) is 7.45. The normalized spacial score (nSPS) is 12.2. The van der Waals surface area contributed by atoms with Gasteiger partial charge in [0.25, 0.3) is 0 Å². The Hall–Kier alpha value is -4.45. The van der Waals surface area contributed by atoms with E-state index in [9.17, 15) is 0 Å². The Morgan fingerprint density at radius 2 is 1.18 bits per heavy atom. The third-order valence-corrected chi connectivity index (χ3v) is 9.76. The Bertz CT molecular complexity index is 2280. The molecule has 0 spiro atoms. The molecule has 0 N–H and O–H groups in total. The molecule has 0 unspecified atom stereocenters. The van der Waals surface area contributed by atoms with Gasteiger partial charge in [0.15, 0.2) is 0 Å². The van der Waals surface area contributed by atoms with E-state index in [0.717, 1.165) is 39.0 Å². The van der Waals surface area contributed by atoms with Crippen LogP contribution in [0.25, 0.3) is 79.6 Å². The number of nitrogens with zero attached hydrogens (tertiary/aromatic N) is 2. The van der Waals surface area contributed by atoms with Crippen LogP contribution in [0.1, 0.15) is 0 Å². The molecular weight excluding hydrogens is 505 g/mol. The standard InChI is InChI=1S/C33H18N2OS2/c1-4-12-25-20(8-1)23-18-19(16-17-26(23)36-25)24-11-7-15-29(34-24)35-32-30(21-9-2-5-13-27(21)37-32)31-22-10-3-6-14-28(22)38-33(31)35/h1-18H. The van der Waals surface area contributed by atoms with Gasteiger partial charge in [0.1, 0.15) is 26.6 Å². The summed E-state index contributed by atoms with van der Waals surface area (Å²) in [6.07, 6.45) is 0. The lowest BCUT2D eigenvalue weighted by molar-refractivity contribution is 0.669. The summed E-state index contributed by atoms with van der Waals surface area (Å²) in [6, 6.07) is 38.4. The average molecular weight is 523 g/mol. The van der Waals surface area contributed by atoms with E-state index in [-0.39, 0.29) is 0 Å². The molecule has 0 radical (unpaired) electrons. The first-order valence-electron chi connectivity index (χ1n) is 12.6. The van der Waals surface area contributed by atoms with Crippen molar-refractivity contribution < 1.29 is 4.42 Å². The van der Waals surface area contributed by atoms with E-state index in [2.05, 4.69) is 102 Å². The fraction of sp³-hybridized carbons (Fsp3) is 0. The first-order valence-corrected chi connectivity index (χ1v) is 14.2. The van der Waals surface area contributed by atoms with Gasteiger partial charge in [-0.1, -0.05) is 60.7 Å². The van der Waals surface area contributed by atoms with Crippen molar-refractivity contribution >= 4 is 85.2 Å². The maximum Gasteiger partial charge on any atom is 0.139 e. The molecule has 0 fully saturated rings. The van der Waals surface area contributed by atoms with Crippen molar-refractivity contribution in [2.45, 2.75) is 0 Å². The van der Waals surface area contributed by atoms with Crippen LogP contribution >= 0.6 is 22.7 Å². The van der Waals surface area contributed by atoms with E-state index in [4.69, 9.17) is 9.40 Å². The van der Waals surface area contributed by atoms with Crippen molar-refractivity contribution in [3.8, 4) is 17.1 Å². The average Bonchev–Trinajstić information content (AvgIpc) is 3.69. The van der Waals surface area contributed by atoms with Gasteiger partial charge in [0.2, 0.25) is 0 Å². The molecule has 0 saturated carbocycles. The Kier molecular flexibility index (Phi) is 4.09. The van der Waals surface area contributed by atoms with Crippen LogP contribution in [-0.4, -0.2) is 9.55 Å². The second-order valence-corrected chi connectivity index (χ2v) is 11.6. The fourth-order valence-corrected chi connectivity index (χ4v) is 8.27. The highest BCUT2D eigenvalue weighted by molar-refractivity contribution is 7.28. The number of thiophene rings is 2. The van der Waals surface area contributed by atoms with E-state index in [1.54, 1.807) is 0 Å². The number of para-hydroxylation sites is 1. The van der Waals surface area contributed by atoms with Crippen LogP contribution < -0.4 is 0 Å². The van der Waals surface area contributed by atoms with Crippen molar-refractivity contribution in [2.24, 2.45) is 0 Å². The third kappa shape index (κ3) is 2.75. The minimum absolute atomic E-state index is 0.899. The summed E-state index contributed by atoms with van der Waals surface area (Å²) in [6.45, 7) is 0. The van der Waals surface area contributed by atoms with Crippen molar-refractivity contribution in [2.75, 3.05) is 0 Å². The molecule has 0 aliphatic heterocycles. The summed E-state index contributed by atoms with van der Waals surface area (Å²) in [5.41, 5.74) is 3.84. The van der Waals surface area contributed by atoms with Crippen molar-refractivity contribution in [3.05, 3.63) is 109 Å². The molecule has 178 valence electrons. The summed E-state index contributed by atoms with van der Waals surface area (Å²) < 4.78 is 11.0. The van der Waals surface area contributed by atoms with Crippen LogP contribution in [0.3, 0.4) is 0 Å². The molecule has 0 bridgehead atoms. The molecule has 9 rings (SSSR count). The second-order valence-electron chi connectivity index (χ2n) is 9.58. The number of pyridine rings is 1. The predicted molar refractivity (Wildman–Crippen MR) is 162 cm³/mol. The smallest absolute Gasteiger partial charge is 0.139 e. The topological polar surface area (TPSA) is 31.0 Å². The van der Waals surface area contributed by atoms with Gasteiger partial charge in [-0.3, -0.25) is 4.57 Å². The maximum atomic E-state index is 6.06.